The van der Waals surface area contributed by atoms with Gasteiger partial charge in [0.2, 0.25) is 0 Å². The van der Waals surface area contributed by atoms with Crippen molar-refractivity contribution in [1.82, 2.24) is 14.8 Å². The Balaban J connectivity index is 1.80. The van der Waals surface area contributed by atoms with Gasteiger partial charge in [-0.1, -0.05) is 6.92 Å². The number of nitrogens with one attached hydrogen (secondary N) is 1. The number of thiazole rings is 1. The van der Waals surface area contributed by atoms with Crippen molar-refractivity contribution < 1.29 is 4.79 Å². The maximum Gasteiger partial charge on any atom is 0.275 e. The van der Waals surface area contributed by atoms with Crippen molar-refractivity contribution in [2.45, 2.75) is 53.0 Å². The summed E-state index contributed by atoms with van der Waals surface area (Å²) in [6, 6.07) is 1.98. The number of carbonyl (C=O) groups excluding carboxylic acids is 1. The summed E-state index contributed by atoms with van der Waals surface area (Å²) >= 11 is 1.61. The molecular weight excluding hydrogens is 296 g/mol. The van der Waals surface area contributed by atoms with Crippen LogP contribution in [0.2, 0.25) is 0 Å². The van der Waals surface area contributed by atoms with Gasteiger partial charge in [-0.15, -0.1) is 11.3 Å². The molecule has 2 aromatic heterocycles. The van der Waals surface area contributed by atoms with Crippen LogP contribution in [0.25, 0.3) is 0 Å². The van der Waals surface area contributed by atoms with Crippen LogP contribution >= 0.6 is 11.3 Å². The molecule has 5 nitrogen and oxygen atoms in total. The first-order chi connectivity index (χ1) is 10.4. The van der Waals surface area contributed by atoms with Gasteiger partial charge in [0.1, 0.15) is 5.69 Å². The molecule has 0 aromatic carbocycles. The van der Waals surface area contributed by atoms with E-state index in [4.69, 9.17) is 0 Å². The molecule has 0 fully saturated rings. The first-order valence-electron chi connectivity index (χ1n) is 7.80. The summed E-state index contributed by atoms with van der Waals surface area (Å²) in [4.78, 5) is 18.4. The minimum Gasteiger partial charge on any atom is -0.296 e. The van der Waals surface area contributed by atoms with Gasteiger partial charge in [-0.2, -0.15) is 5.10 Å². The predicted octanol–water partition coefficient (Wildman–Crippen LogP) is 3.61. The smallest absolute Gasteiger partial charge is 0.275 e. The number of aryl methyl sites for hydroxylation is 2. The molecule has 0 radical (unpaired) electrons. The molecule has 1 aliphatic carbocycles. The molecule has 118 valence electrons. The van der Waals surface area contributed by atoms with E-state index >= 15 is 0 Å². The standard InChI is InChI=1S/C16H22N4OS/c1-9(2)20-13(8-11(4)19-20)15(21)18-16-17-12-6-5-10(3)7-14(12)22-16/h8-10H,5-7H2,1-4H3,(H,17,18,21). The minimum atomic E-state index is -0.131. The zero-order chi connectivity index (χ0) is 15.9. The van der Waals surface area contributed by atoms with Crippen molar-refractivity contribution in [3.8, 4) is 0 Å². The number of aromatic nitrogens is 3. The van der Waals surface area contributed by atoms with Crippen LogP contribution in [0.4, 0.5) is 5.13 Å². The Morgan fingerprint density at radius 3 is 3.00 bits per heavy atom. The molecule has 3 rings (SSSR count). The molecule has 1 amide bonds. The fourth-order valence-electron chi connectivity index (χ4n) is 2.83. The fourth-order valence-corrected chi connectivity index (χ4v) is 4.00. The summed E-state index contributed by atoms with van der Waals surface area (Å²) in [6.07, 6.45) is 3.28. The SMILES string of the molecule is Cc1cc(C(=O)Nc2nc3c(s2)CC(C)CC3)n(C(C)C)n1. The summed E-state index contributed by atoms with van der Waals surface area (Å²) in [6.45, 7) is 8.21. The van der Waals surface area contributed by atoms with Crippen molar-refractivity contribution in [3.63, 3.8) is 0 Å². The zero-order valence-electron chi connectivity index (χ0n) is 13.5. The van der Waals surface area contributed by atoms with Gasteiger partial charge in [0.05, 0.1) is 11.4 Å². The van der Waals surface area contributed by atoms with E-state index in [1.165, 1.54) is 11.3 Å². The Labute approximate surface area is 134 Å². The number of nitrogens with zero attached hydrogens (tertiary/aromatic N) is 3. The van der Waals surface area contributed by atoms with Crippen molar-refractivity contribution >= 4 is 22.4 Å². The van der Waals surface area contributed by atoms with Gasteiger partial charge in [0.25, 0.3) is 5.91 Å². The van der Waals surface area contributed by atoms with Crippen LogP contribution in [0.15, 0.2) is 6.07 Å². The molecule has 1 N–H and O–H groups in total. The first kappa shape index (κ1) is 15.2. The number of hydrogen-bond acceptors (Lipinski definition) is 4. The highest BCUT2D eigenvalue weighted by Crippen LogP contribution is 2.32. The molecule has 0 saturated carbocycles. The maximum atomic E-state index is 12.5. The van der Waals surface area contributed by atoms with E-state index in [9.17, 15) is 4.79 Å². The third-order valence-electron chi connectivity index (χ3n) is 3.99. The molecule has 6 heteroatoms. The zero-order valence-corrected chi connectivity index (χ0v) is 14.3. The van der Waals surface area contributed by atoms with Gasteiger partial charge in [0, 0.05) is 10.9 Å². The normalized spacial score (nSPS) is 17.6. The topological polar surface area (TPSA) is 59.8 Å². The van der Waals surface area contributed by atoms with Gasteiger partial charge in [-0.3, -0.25) is 14.8 Å². The lowest BCUT2D eigenvalue weighted by Crippen LogP contribution is -2.18. The van der Waals surface area contributed by atoms with Crippen LogP contribution in [0.5, 0.6) is 0 Å². The average Bonchev–Trinajstić information content (AvgIpc) is 3.01. The molecule has 2 aromatic rings. The van der Waals surface area contributed by atoms with Crippen LogP contribution in [-0.4, -0.2) is 20.7 Å². The summed E-state index contributed by atoms with van der Waals surface area (Å²) < 4.78 is 1.76. The van der Waals surface area contributed by atoms with Crippen molar-refractivity contribution in [2.24, 2.45) is 5.92 Å². The van der Waals surface area contributed by atoms with Crippen molar-refractivity contribution in [3.05, 3.63) is 28.0 Å². The Hall–Kier alpha value is -1.69. The predicted molar refractivity (Wildman–Crippen MR) is 88.6 cm³/mol. The van der Waals surface area contributed by atoms with E-state index in [-0.39, 0.29) is 11.9 Å². The van der Waals surface area contributed by atoms with Crippen LogP contribution in [0, 0.1) is 12.8 Å². The second-order valence-electron chi connectivity index (χ2n) is 6.40. The summed E-state index contributed by atoms with van der Waals surface area (Å²) in [7, 11) is 0. The Bertz CT molecular complexity index is 701. The molecule has 0 bridgehead atoms. The molecule has 1 atom stereocenters. The number of fused-ring (bicyclic) bond motifs is 1. The highest BCUT2D eigenvalue weighted by Gasteiger charge is 2.22. The number of amides is 1. The maximum absolute atomic E-state index is 12.5. The molecule has 1 aliphatic rings. The van der Waals surface area contributed by atoms with Gasteiger partial charge in [-0.05, 0) is 52.0 Å². The number of anilines is 1. The third-order valence-corrected chi connectivity index (χ3v) is 5.02. The monoisotopic (exact) mass is 318 g/mol. The molecule has 1 unspecified atom stereocenters. The minimum absolute atomic E-state index is 0.131. The second kappa shape index (κ2) is 5.83. The lowest BCUT2D eigenvalue weighted by molar-refractivity contribution is 0.101. The summed E-state index contributed by atoms with van der Waals surface area (Å²) in [5.74, 6) is 0.579. The Kier molecular flexibility index (Phi) is 4.04. The summed E-state index contributed by atoms with van der Waals surface area (Å²) in [5.41, 5.74) is 2.60. The van der Waals surface area contributed by atoms with Crippen LogP contribution < -0.4 is 5.32 Å². The molecule has 0 aliphatic heterocycles. The third kappa shape index (κ3) is 2.92. The van der Waals surface area contributed by atoms with Crippen molar-refractivity contribution in [1.29, 1.82) is 0 Å². The Morgan fingerprint density at radius 2 is 2.27 bits per heavy atom. The molecule has 0 saturated heterocycles. The van der Waals surface area contributed by atoms with E-state index in [1.807, 2.05) is 26.8 Å². The van der Waals surface area contributed by atoms with E-state index in [0.717, 1.165) is 24.2 Å². The van der Waals surface area contributed by atoms with Gasteiger partial charge >= 0.3 is 0 Å². The van der Waals surface area contributed by atoms with Crippen LogP contribution in [0.1, 0.15) is 60.0 Å². The molecule has 2 heterocycles. The van der Waals surface area contributed by atoms with Gasteiger partial charge in [0.15, 0.2) is 5.13 Å². The quantitative estimate of drug-likeness (QED) is 0.940. The van der Waals surface area contributed by atoms with Crippen molar-refractivity contribution in [2.75, 3.05) is 5.32 Å². The van der Waals surface area contributed by atoms with E-state index in [2.05, 4.69) is 22.3 Å². The number of hydrogen-bond donors (Lipinski definition) is 1. The van der Waals surface area contributed by atoms with E-state index in [1.54, 1.807) is 16.0 Å². The number of carbonyl (C=O) groups is 1. The lowest BCUT2D eigenvalue weighted by atomic mass is 9.93. The molecular formula is C16H22N4OS. The highest BCUT2D eigenvalue weighted by molar-refractivity contribution is 7.15. The van der Waals surface area contributed by atoms with Crippen LogP contribution in [-0.2, 0) is 12.8 Å². The van der Waals surface area contributed by atoms with E-state index < -0.39 is 0 Å². The van der Waals surface area contributed by atoms with E-state index in [0.29, 0.717) is 16.7 Å². The molecule has 22 heavy (non-hydrogen) atoms. The van der Waals surface area contributed by atoms with Crippen LogP contribution in [0.3, 0.4) is 0 Å². The number of rotatable bonds is 3. The highest BCUT2D eigenvalue weighted by atomic mass is 32.1. The average molecular weight is 318 g/mol. The van der Waals surface area contributed by atoms with Gasteiger partial charge in [-0.25, -0.2) is 4.98 Å². The summed E-state index contributed by atoms with van der Waals surface area (Å²) in [5, 5.41) is 8.04. The van der Waals surface area contributed by atoms with Gasteiger partial charge < -0.3 is 0 Å². The second-order valence-corrected chi connectivity index (χ2v) is 7.48. The Morgan fingerprint density at radius 1 is 1.50 bits per heavy atom. The largest absolute Gasteiger partial charge is 0.296 e. The fraction of sp³-hybridized carbons (Fsp3) is 0.562. The first-order valence-corrected chi connectivity index (χ1v) is 8.61. The lowest BCUT2D eigenvalue weighted by Gasteiger charge is -2.15. The molecule has 0 spiro atoms.